The molecule has 0 aliphatic heterocycles. The fourth-order valence-corrected chi connectivity index (χ4v) is 4.21. The number of hydrogen-bond acceptors (Lipinski definition) is 8. The van der Waals surface area contributed by atoms with Gasteiger partial charge in [0, 0.05) is 17.3 Å². The maximum atomic E-state index is 4.52. The summed E-state index contributed by atoms with van der Waals surface area (Å²) in [5.74, 6) is 1.44. The molecule has 98 valence electrons. The minimum absolute atomic E-state index is 0.637. The average molecular weight is 309 g/mol. The van der Waals surface area contributed by atoms with Crippen LogP contribution in [0.25, 0.3) is 10.2 Å². The molecule has 5 nitrogen and oxygen atoms in total. The van der Waals surface area contributed by atoms with Crippen molar-refractivity contribution in [3.8, 4) is 0 Å². The van der Waals surface area contributed by atoms with E-state index in [1.807, 2.05) is 14.0 Å². The molecule has 19 heavy (non-hydrogen) atoms. The topological polar surface area (TPSA) is 63.6 Å². The number of aryl methyl sites for hydroxylation is 2. The SMILES string of the molecule is CNc1nc(Sc2nc(C)ns2)c2cc(C)sc2n1. The van der Waals surface area contributed by atoms with Crippen LogP contribution in [0.3, 0.4) is 0 Å². The molecular weight excluding hydrogens is 298 g/mol. The molecule has 0 amide bonds. The van der Waals surface area contributed by atoms with Crippen molar-refractivity contribution in [1.29, 1.82) is 0 Å². The summed E-state index contributed by atoms with van der Waals surface area (Å²) in [6.07, 6.45) is 0. The van der Waals surface area contributed by atoms with Gasteiger partial charge in [-0.05, 0) is 43.2 Å². The third kappa shape index (κ3) is 2.56. The summed E-state index contributed by atoms with van der Waals surface area (Å²) in [4.78, 5) is 15.6. The Morgan fingerprint density at radius 1 is 1.21 bits per heavy atom. The number of anilines is 1. The molecule has 0 spiro atoms. The van der Waals surface area contributed by atoms with Crippen molar-refractivity contribution in [2.45, 2.75) is 23.2 Å². The third-order valence-electron chi connectivity index (χ3n) is 2.40. The molecule has 0 fully saturated rings. The van der Waals surface area contributed by atoms with Crippen LogP contribution < -0.4 is 5.32 Å². The molecule has 1 N–H and O–H groups in total. The summed E-state index contributed by atoms with van der Waals surface area (Å²) in [7, 11) is 1.82. The number of aromatic nitrogens is 4. The molecule has 0 saturated carbocycles. The first kappa shape index (κ1) is 12.8. The normalized spacial score (nSPS) is 11.1. The summed E-state index contributed by atoms with van der Waals surface area (Å²) in [5, 5.41) is 5.01. The fraction of sp³-hybridized carbons (Fsp3) is 0.273. The summed E-state index contributed by atoms with van der Waals surface area (Å²) in [6, 6.07) is 2.12. The van der Waals surface area contributed by atoms with E-state index in [0.717, 1.165) is 25.4 Å². The lowest BCUT2D eigenvalue weighted by molar-refractivity contribution is 1.08. The van der Waals surface area contributed by atoms with E-state index in [9.17, 15) is 0 Å². The number of fused-ring (bicyclic) bond motifs is 1. The van der Waals surface area contributed by atoms with Crippen LogP contribution in [0.4, 0.5) is 5.95 Å². The summed E-state index contributed by atoms with van der Waals surface area (Å²) in [6.45, 7) is 3.97. The Labute approximate surface area is 122 Å². The highest BCUT2D eigenvalue weighted by molar-refractivity contribution is 8.01. The molecule has 0 radical (unpaired) electrons. The molecule has 3 heterocycles. The molecule has 3 aromatic heterocycles. The van der Waals surface area contributed by atoms with E-state index in [1.54, 1.807) is 23.1 Å². The van der Waals surface area contributed by atoms with Crippen LogP contribution in [-0.2, 0) is 0 Å². The number of rotatable bonds is 3. The molecule has 0 saturated heterocycles. The number of nitrogens with one attached hydrogen (secondary N) is 1. The van der Waals surface area contributed by atoms with Crippen LogP contribution in [0.15, 0.2) is 15.4 Å². The second-order valence-electron chi connectivity index (χ2n) is 3.89. The van der Waals surface area contributed by atoms with Gasteiger partial charge in [0.2, 0.25) is 5.95 Å². The number of nitrogens with zero attached hydrogens (tertiary/aromatic N) is 4. The predicted octanol–water partition coefficient (Wildman–Crippen LogP) is 3.35. The molecule has 3 aromatic rings. The van der Waals surface area contributed by atoms with Gasteiger partial charge in [-0.25, -0.2) is 15.0 Å². The highest BCUT2D eigenvalue weighted by Crippen LogP contribution is 2.36. The Morgan fingerprint density at radius 3 is 2.74 bits per heavy atom. The van der Waals surface area contributed by atoms with Gasteiger partial charge in [0.1, 0.15) is 15.7 Å². The Kier molecular flexibility index (Phi) is 3.38. The Morgan fingerprint density at radius 2 is 2.05 bits per heavy atom. The van der Waals surface area contributed by atoms with Crippen LogP contribution in [0.2, 0.25) is 0 Å². The predicted molar refractivity (Wildman–Crippen MR) is 80.5 cm³/mol. The lowest BCUT2D eigenvalue weighted by atomic mass is 10.4. The molecule has 0 atom stereocenters. The van der Waals surface area contributed by atoms with Gasteiger partial charge >= 0.3 is 0 Å². The van der Waals surface area contributed by atoms with Crippen molar-refractivity contribution in [3.63, 3.8) is 0 Å². The number of hydrogen-bond donors (Lipinski definition) is 1. The van der Waals surface area contributed by atoms with Crippen molar-refractivity contribution >= 4 is 50.8 Å². The zero-order valence-corrected chi connectivity index (χ0v) is 13.0. The van der Waals surface area contributed by atoms with Gasteiger partial charge < -0.3 is 5.32 Å². The Hall–Kier alpha value is -1.25. The Balaban J connectivity index is 2.09. The summed E-state index contributed by atoms with van der Waals surface area (Å²) >= 11 is 4.61. The van der Waals surface area contributed by atoms with E-state index in [0.29, 0.717) is 5.95 Å². The minimum Gasteiger partial charge on any atom is -0.357 e. The van der Waals surface area contributed by atoms with Crippen LogP contribution in [0.1, 0.15) is 10.7 Å². The molecule has 0 unspecified atom stereocenters. The van der Waals surface area contributed by atoms with Gasteiger partial charge in [-0.15, -0.1) is 11.3 Å². The lowest BCUT2D eigenvalue weighted by Crippen LogP contribution is -1.96. The van der Waals surface area contributed by atoms with Crippen LogP contribution in [0.5, 0.6) is 0 Å². The van der Waals surface area contributed by atoms with E-state index < -0.39 is 0 Å². The minimum atomic E-state index is 0.637. The molecule has 0 aliphatic carbocycles. The summed E-state index contributed by atoms with van der Waals surface area (Å²) in [5.41, 5.74) is 0. The van der Waals surface area contributed by atoms with Crippen LogP contribution in [0, 0.1) is 13.8 Å². The molecular formula is C11H11N5S3. The smallest absolute Gasteiger partial charge is 0.224 e. The summed E-state index contributed by atoms with van der Waals surface area (Å²) < 4.78 is 5.10. The van der Waals surface area contributed by atoms with E-state index in [-0.39, 0.29) is 0 Å². The van der Waals surface area contributed by atoms with Gasteiger partial charge in [0.15, 0.2) is 4.34 Å². The van der Waals surface area contributed by atoms with Crippen molar-refractivity contribution in [3.05, 3.63) is 16.8 Å². The first-order chi connectivity index (χ1) is 9.15. The van der Waals surface area contributed by atoms with E-state index >= 15 is 0 Å². The zero-order valence-electron chi connectivity index (χ0n) is 10.6. The van der Waals surface area contributed by atoms with Gasteiger partial charge in [0.25, 0.3) is 0 Å². The maximum absolute atomic E-state index is 4.52. The zero-order chi connectivity index (χ0) is 13.4. The molecule has 3 rings (SSSR count). The van der Waals surface area contributed by atoms with Gasteiger partial charge in [-0.2, -0.15) is 4.37 Å². The highest BCUT2D eigenvalue weighted by atomic mass is 32.2. The molecule has 0 bridgehead atoms. The molecule has 8 heteroatoms. The standard InChI is InChI=1S/C11H11N5S3/c1-5-4-7-8(17-5)14-10(12-3)15-9(7)18-11-13-6(2)16-19-11/h4H,1-3H3,(H,12,14,15). The van der Waals surface area contributed by atoms with Crippen LogP contribution >= 0.6 is 34.6 Å². The maximum Gasteiger partial charge on any atom is 0.224 e. The first-order valence-electron chi connectivity index (χ1n) is 5.60. The van der Waals surface area contributed by atoms with Gasteiger partial charge in [-0.3, -0.25) is 0 Å². The first-order valence-corrected chi connectivity index (χ1v) is 8.00. The highest BCUT2D eigenvalue weighted by Gasteiger charge is 2.13. The van der Waals surface area contributed by atoms with Crippen molar-refractivity contribution in [2.75, 3.05) is 12.4 Å². The second kappa shape index (κ2) is 5.03. The lowest BCUT2D eigenvalue weighted by Gasteiger charge is -2.02. The van der Waals surface area contributed by atoms with Gasteiger partial charge in [-0.1, -0.05) is 0 Å². The number of thiophene rings is 1. The van der Waals surface area contributed by atoms with Crippen molar-refractivity contribution in [1.82, 2.24) is 19.3 Å². The second-order valence-corrected chi connectivity index (χ2v) is 7.11. The van der Waals surface area contributed by atoms with E-state index in [1.165, 1.54) is 16.4 Å². The van der Waals surface area contributed by atoms with Crippen LogP contribution in [-0.4, -0.2) is 26.4 Å². The fourth-order valence-electron chi connectivity index (χ4n) is 1.61. The van der Waals surface area contributed by atoms with Crippen molar-refractivity contribution < 1.29 is 0 Å². The van der Waals surface area contributed by atoms with E-state index in [2.05, 4.69) is 37.6 Å². The Bertz CT molecular complexity index is 733. The molecule has 0 aromatic carbocycles. The third-order valence-corrected chi connectivity index (χ3v) is 5.19. The molecule has 0 aliphatic rings. The van der Waals surface area contributed by atoms with Gasteiger partial charge in [0.05, 0.1) is 0 Å². The monoisotopic (exact) mass is 309 g/mol. The largest absolute Gasteiger partial charge is 0.357 e. The van der Waals surface area contributed by atoms with E-state index in [4.69, 9.17) is 0 Å². The quantitative estimate of drug-likeness (QED) is 0.749. The van der Waals surface area contributed by atoms with Crippen molar-refractivity contribution in [2.24, 2.45) is 0 Å². The average Bonchev–Trinajstić information content (AvgIpc) is 2.94.